The molecule has 100 valence electrons. The largest absolute Gasteiger partial charge is 0.502 e. The van der Waals surface area contributed by atoms with Gasteiger partial charge in [0.05, 0.1) is 18.8 Å². The molecule has 1 fully saturated rings. The van der Waals surface area contributed by atoms with E-state index in [2.05, 4.69) is 11.9 Å². The van der Waals surface area contributed by atoms with Gasteiger partial charge in [-0.1, -0.05) is 13.0 Å². The molecule has 1 aliphatic rings. The number of hydrogen-bond acceptors (Lipinski definition) is 2. The van der Waals surface area contributed by atoms with E-state index in [0.29, 0.717) is 19.6 Å². The molecule has 2 nitrogen and oxygen atoms in total. The number of rotatable bonds is 6. The van der Waals surface area contributed by atoms with Gasteiger partial charge in [0.15, 0.2) is 0 Å². The van der Waals surface area contributed by atoms with Crippen LogP contribution in [0.25, 0.3) is 0 Å². The first-order valence-electron chi connectivity index (χ1n) is 6.06. The molecule has 2 unspecified atom stereocenters. The predicted molar refractivity (Wildman–Crippen MR) is 60.6 cm³/mol. The summed E-state index contributed by atoms with van der Waals surface area (Å²) in [5.41, 5.74) is 0. The van der Waals surface area contributed by atoms with E-state index in [-0.39, 0.29) is 18.9 Å². The third-order valence-corrected chi connectivity index (χ3v) is 3.13. The molecule has 0 aliphatic heterocycles. The first-order chi connectivity index (χ1) is 8.04. The van der Waals surface area contributed by atoms with Crippen LogP contribution in [0.3, 0.4) is 0 Å². The normalized spacial score (nSPS) is 25.6. The van der Waals surface area contributed by atoms with Gasteiger partial charge in [-0.15, -0.1) is 0 Å². The summed E-state index contributed by atoms with van der Waals surface area (Å²) in [6.07, 6.45) is 0.124. The Hall–Kier alpha value is -0.710. The average Bonchev–Trinajstić information content (AvgIpc) is 2.28. The zero-order chi connectivity index (χ0) is 12.7. The van der Waals surface area contributed by atoms with Gasteiger partial charge >= 0.3 is 6.18 Å². The molecule has 5 heteroatoms. The van der Waals surface area contributed by atoms with Crippen molar-refractivity contribution in [3.63, 3.8) is 0 Å². The molecule has 1 saturated carbocycles. The fourth-order valence-corrected chi connectivity index (χ4v) is 2.22. The van der Waals surface area contributed by atoms with E-state index in [9.17, 15) is 13.2 Å². The monoisotopic (exact) mass is 251 g/mol. The molecule has 2 atom stereocenters. The van der Waals surface area contributed by atoms with Gasteiger partial charge in [-0.25, -0.2) is 0 Å². The summed E-state index contributed by atoms with van der Waals surface area (Å²) >= 11 is 0. The van der Waals surface area contributed by atoms with Gasteiger partial charge in [-0.05, 0) is 32.2 Å². The van der Waals surface area contributed by atoms with Gasteiger partial charge in [0, 0.05) is 6.04 Å². The molecule has 17 heavy (non-hydrogen) atoms. The highest BCUT2D eigenvalue weighted by Gasteiger charge is 2.41. The second-order valence-corrected chi connectivity index (χ2v) is 4.45. The van der Waals surface area contributed by atoms with Gasteiger partial charge in [0.25, 0.3) is 0 Å². The lowest BCUT2D eigenvalue weighted by atomic mass is 9.85. The topological polar surface area (TPSA) is 21.3 Å². The zero-order valence-corrected chi connectivity index (χ0v) is 9.93. The number of alkyl halides is 3. The van der Waals surface area contributed by atoms with Crippen LogP contribution in [0.5, 0.6) is 0 Å². The van der Waals surface area contributed by atoms with Crippen molar-refractivity contribution in [1.29, 1.82) is 0 Å². The summed E-state index contributed by atoms with van der Waals surface area (Å²) < 4.78 is 42.6. The van der Waals surface area contributed by atoms with Gasteiger partial charge in [-0.2, -0.15) is 13.2 Å². The molecule has 0 amide bonds. The Morgan fingerprint density at radius 2 is 2.12 bits per heavy atom. The minimum absolute atomic E-state index is 0.000828. The van der Waals surface area contributed by atoms with Crippen molar-refractivity contribution in [1.82, 2.24) is 5.32 Å². The lowest BCUT2D eigenvalue weighted by molar-refractivity contribution is -0.183. The molecular weight excluding hydrogens is 231 g/mol. The summed E-state index contributed by atoms with van der Waals surface area (Å²) in [7, 11) is 0. The maximum Gasteiger partial charge on any atom is 0.391 e. The molecule has 0 aromatic rings. The molecular formula is C12H20F3NO. The van der Waals surface area contributed by atoms with Crippen molar-refractivity contribution in [2.45, 2.75) is 44.3 Å². The van der Waals surface area contributed by atoms with Crippen LogP contribution in [0.4, 0.5) is 13.2 Å². The second-order valence-electron chi connectivity index (χ2n) is 4.45. The number of ether oxygens (including phenoxy) is 1. The minimum atomic E-state index is -4.04. The average molecular weight is 251 g/mol. The second kappa shape index (κ2) is 6.89. The molecule has 1 aliphatic carbocycles. The fraction of sp³-hybridized carbons (Fsp3) is 0.833. The summed E-state index contributed by atoms with van der Waals surface area (Å²) in [6, 6.07) is -0.000828. The Morgan fingerprint density at radius 1 is 1.35 bits per heavy atom. The van der Waals surface area contributed by atoms with E-state index in [0.717, 1.165) is 12.8 Å². The van der Waals surface area contributed by atoms with Crippen LogP contribution in [0.1, 0.15) is 32.1 Å². The van der Waals surface area contributed by atoms with E-state index in [1.165, 1.54) is 6.26 Å². The van der Waals surface area contributed by atoms with Gasteiger partial charge < -0.3 is 10.1 Å². The van der Waals surface area contributed by atoms with E-state index in [1.54, 1.807) is 0 Å². The van der Waals surface area contributed by atoms with Crippen LogP contribution in [-0.2, 0) is 4.74 Å². The summed E-state index contributed by atoms with van der Waals surface area (Å²) in [4.78, 5) is 0. The molecule has 0 aromatic carbocycles. The first-order valence-corrected chi connectivity index (χ1v) is 6.06. The van der Waals surface area contributed by atoms with E-state index in [1.807, 2.05) is 0 Å². The Morgan fingerprint density at radius 3 is 2.76 bits per heavy atom. The van der Waals surface area contributed by atoms with Crippen molar-refractivity contribution in [3.8, 4) is 0 Å². The Balaban J connectivity index is 2.19. The smallest absolute Gasteiger partial charge is 0.391 e. The van der Waals surface area contributed by atoms with Crippen LogP contribution >= 0.6 is 0 Å². The third kappa shape index (κ3) is 5.44. The van der Waals surface area contributed by atoms with E-state index >= 15 is 0 Å². The lowest BCUT2D eigenvalue weighted by Crippen LogP contribution is -2.39. The molecule has 0 bridgehead atoms. The van der Waals surface area contributed by atoms with Crippen LogP contribution in [0, 0.1) is 5.92 Å². The van der Waals surface area contributed by atoms with Gasteiger partial charge in [0.1, 0.15) is 0 Å². The Labute approximate surface area is 100 Å². The number of hydrogen-bond donors (Lipinski definition) is 1. The van der Waals surface area contributed by atoms with Crippen molar-refractivity contribution in [3.05, 3.63) is 12.8 Å². The van der Waals surface area contributed by atoms with E-state index in [4.69, 9.17) is 4.74 Å². The van der Waals surface area contributed by atoms with Crippen molar-refractivity contribution in [2.75, 3.05) is 13.2 Å². The van der Waals surface area contributed by atoms with Crippen LogP contribution in [0.15, 0.2) is 12.8 Å². The molecule has 0 saturated heterocycles. The summed E-state index contributed by atoms with van der Waals surface area (Å²) in [5, 5.41) is 3.17. The summed E-state index contributed by atoms with van der Waals surface area (Å²) in [6.45, 7) is 4.68. The Kier molecular flexibility index (Phi) is 5.82. The van der Waals surface area contributed by atoms with E-state index < -0.39 is 12.1 Å². The SMILES string of the molecule is C=COCCCNC1CCCC(C(F)(F)F)C1. The molecule has 0 radical (unpaired) electrons. The first kappa shape index (κ1) is 14.4. The number of nitrogens with one attached hydrogen (secondary N) is 1. The molecule has 0 spiro atoms. The van der Waals surface area contributed by atoms with Gasteiger partial charge in [-0.3, -0.25) is 0 Å². The number of halogens is 3. The van der Waals surface area contributed by atoms with Crippen LogP contribution in [0.2, 0.25) is 0 Å². The molecule has 1 N–H and O–H groups in total. The quantitative estimate of drug-likeness (QED) is 0.578. The highest BCUT2D eigenvalue weighted by molar-refractivity contribution is 4.81. The maximum atomic E-state index is 12.5. The highest BCUT2D eigenvalue weighted by atomic mass is 19.4. The third-order valence-electron chi connectivity index (χ3n) is 3.13. The predicted octanol–water partition coefficient (Wildman–Crippen LogP) is 3.25. The van der Waals surface area contributed by atoms with Crippen molar-refractivity contribution < 1.29 is 17.9 Å². The fourth-order valence-electron chi connectivity index (χ4n) is 2.22. The van der Waals surface area contributed by atoms with Crippen molar-refractivity contribution in [2.24, 2.45) is 5.92 Å². The zero-order valence-electron chi connectivity index (χ0n) is 9.93. The van der Waals surface area contributed by atoms with Gasteiger partial charge in [0.2, 0.25) is 0 Å². The van der Waals surface area contributed by atoms with Crippen LogP contribution in [-0.4, -0.2) is 25.4 Å². The highest BCUT2D eigenvalue weighted by Crippen LogP contribution is 2.37. The lowest BCUT2D eigenvalue weighted by Gasteiger charge is -2.31. The Bertz CT molecular complexity index is 230. The molecule has 0 aromatic heterocycles. The maximum absolute atomic E-state index is 12.5. The summed E-state index contributed by atoms with van der Waals surface area (Å²) in [5.74, 6) is -1.13. The van der Waals surface area contributed by atoms with Crippen LogP contribution < -0.4 is 5.32 Å². The van der Waals surface area contributed by atoms with Crippen molar-refractivity contribution >= 4 is 0 Å². The minimum Gasteiger partial charge on any atom is -0.502 e. The molecule has 1 rings (SSSR count). The standard InChI is InChI=1S/C12H20F3NO/c1-2-17-8-4-7-16-11-6-3-5-10(9-11)12(13,14)15/h2,10-11,16H,1,3-9H2. The molecule has 0 heterocycles.